The molecule has 0 saturated heterocycles. The van der Waals surface area contributed by atoms with E-state index in [9.17, 15) is 4.79 Å². The average molecular weight is 233 g/mol. The van der Waals surface area contributed by atoms with Gasteiger partial charge in [0.25, 0.3) is 5.91 Å². The van der Waals surface area contributed by atoms with E-state index in [0.717, 1.165) is 11.0 Å². The first-order valence-electron chi connectivity index (χ1n) is 5.49. The van der Waals surface area contributed by atoms with E-state index in [1.807, 2.05) is 31.2 Å². The summed E-state index contributed by atoms with van der Waals surface area (Å²) in [4.78, 5) is 11.8. The monoisotopic (exact) mass is 233 g/mol. The molecule has 0 spiro atoms. The predicted molar refractivity (Wildman–Crippen MR) is 65.0 cm³/mol. The molecule has 1 unspecified atom stereocenters. The lowest BCUT2D eigenvalue weighted by Gasteiger charge is -2.10. The lowest BCUT2D eigenvalue weighted by Crippen LogP contribution is -2.35. The summed E-state index contributed by atoms with van der Waals surface area (Å²) in [5.74, 6) is 0.111. The van der Waals surface area contributed by atoms with E-state index in [-0.39, 0.29) is 11.9 Å². The summed E-state index contributed by atoms with van der Waals surface area (Å²) in [7, 11) is 1.60. The van der Waals surface area contributed by atoms with Crippen LogP contribution in [0.4, 0.5) is 0 Å². The van der Waals surface area contributed by atoms with Crippen LogP contribution >= 0.6 is 0 Å². The van der Waals surface area contributed by atoms with Crippen LogP contribution in [0.1, 0.15) is 17.5 Å². The van der Waals surface area contributed by atoms with E-state index in [1.54, 1.807) is 13.2 Å². The maximum Gasteiger partial charge on any atom is 0.287 e. The van der Waals surface area contributed by atoms with E-state index >= 15 is 0 Å². The third-order valence-electron chi connectivity index (χ3n) is 2.44. The number of nitrogens with one attached hydrogen (secondary N) is 1. The Morgan fingerprint density at radius 2 is 2.24 bits per heavy atom. The van der Waals surface area contributed by atoms with Crippen LogP contribution in [0.15, 0.2) is 34.7 Å². The third-order valence-corrected chi connectivity index (χ3v) is 2.44. The summed E-state index contributed by atoms with van der Waals surface area (Å²) in [6.45, 7) is 2.36. The van der Waals surface area contributed by atoms with Crippen molar-refractivity contribution < 1.29 is 13.9 Å². The van der Waals surface area contributed by atoms with Gasteiger partial charge in [-0.05, 0) is 19.1 Å². The molecule has 1 aromatic heterocycles. The minimum absolute atomic E-state index is 0.0410. The largest absolute Gasteiger partial charge is 0.451 e. The summed E-state index contributed by atoms with van der Waals surface area (Å²) < 4.78 is 10.4. The summed E-state index contributed by atoms with van der Waals surface area (Å²) >= 11 is 0. The molecule has 0 radical (unpaired) electrons. The van der Waals surface area contributed by atoms with Gasteiger partial charge >= 0.3 is 0 Å². The Bertz CT molecular complexity index is 485. The van der Waals surface area contributed by atoms with Gasteiger partial charge in [0.1, 0.15) is 5.58 Å². The van der Waals surface area contributed by atoms with Gasteiger partial charge < -0.3 is 14.5 Å². The van der Waals surface area contributed by atoms with Crippen LogP contribution in [-0.4, -0.2) is 25.7 Å². The van der Waals surface area contributed by atoms with Crippen LogP contribution in [0.25, 0.3) is 11.0 Å². The lowest BCUT2D eigenvalue weighted by molar-refractivity contribution is 0.0880. The van der Waals surface area contributed by atoms with E-state index < -0.39 is 0 Å². The number of furan rings is 1. The Hall–Kier alpha value is -1.81. The van der Waals surface area contributed by atoms with Crippen molar-refractivity contribution in [3.63, 3.8) is 0 Å². The van der Waals surface area contributed by atoms with Crippen molar-refractivity contribution in [2.75, 3.05) is 13.7 Å². The molecule has 2 rings (SSSR count). The molecule has 2 aromatic rings. The smallest absolute Gasteiger partial charge is 0.287 e. The molecular weight excluding hydrogens is 218 g/mol. The molecule has 90 valence electrons. The maximum atomic E-state index is 11.8. The zero-order chi connectivity index (χ0) is 12.3. The Kier molecular flexibility index (Phi) is 3.44. The molecule has 4 heteroatoms. The summed E-state index contributed by atoms with van der Waals surface area (Å²) in [6.07, 6.45) is 0. The van der Waals surface area contributed by atoms with Gasteiger partial charge in [-0.3, -0.25) is 4.79 Å². The third kappa shape index (κ3) is 2.65. The highest BCUT2D eigenvalue weighted by Gasteiger charge is 2.14. The summed E-state index contributed by atoms with van der Waals surface area (Å²) in [5.41, 5.74) is 0.719. The number of rotatable bonds is 4. The molecule has 1 atom stereocenters. The van der Waals surface area contributed by atoms with E-state index in [4.69, 9.17) is 9.15 Å². The minimum atomic E-state index is -0.217. The zero-order valence-electron chi connectivity index (χ0n) is 9.90. The molecule has 1 aromatic carbocycles. The van der Waals surface area contributed by atoms with Crippen LogP contribution in [-0.2, 0) is 4.74 Å². The molecule has 0 aliphatic heterocycles. The molecule has 0 saturated carbocycles. The Morgan fingerprint density at radius 1 is 1.47 bits per heavy atom. The number of carbonyl (C=O) groups is 1. The number of amides is 1. The van der Waals surface area contributed by atoms with Crippen LogP contribution < -0.4 is 5.32 Å². The van der Waals surface area contributed by atoms with E-state index in [2.05, 4.69) is 5.32 Å². The molecule has 0 aliphatic carbocycles. The van der Waals surface area contributed by atoms with Crippen molar-refractivity contribution in [2.45, 2.75) is 13.0 Å². The van der Waals surface area contributed by atoms with Gasteiger partial charge in [-0.15, -0.1) is 0 Å². The second kappa shape index (κ2) is 5.01. The van der Waals surface area contributed by atoms with Crippen molar-refractivity contribution in [1.29, 1.82) is 0 Å². The first-order chi connectivity index (χ1) is 8.20. The van der Waals surface area contributed by atoms with Crippen LogP contribution in [0.2, 0.25) is 0 Å². The molecule has 1 N–H and O–H groups in total. The number of fused-ring (bicyclic) bond motifs is 1. The lowest BCUT2D eigenvalue weighted by atomic mass is 10.2. The Labute approximate surface area is 99.6 Å². The van der Waals surface area contributed by atoms with Crippen molar-refractivity contribution >= 4 is 16.9 Å². The fourth-order valence-corrected chi connectivity index (χ4v) is 1.68. The predicted octanol–water partition coefficient (Wildman–Crippen LogP) is 2.20. The summed E-state index contributed by atoms with van der Waals surface area (Å²) in [6, 6.07) is 9.23. The second-order valence-electron chi connectivity index (χ2n) is 3.98. The second-order valence-corrected chi connectivity index (χ2v) is 3.98. The number of ether oxygens (including phenoxy) is 1. The van der Waals surface area contributed by atoms with Gasteiger partial charge in [0.05, 0.1) is 6.61 Å². The van der Waals surface area contributed by atoms with Crippen molar-refractivity contribution in [3.8, 4) is 0 Å². The highest BCUT2D eigenvalue weighted by molar-refractivity contribution is 5.96. The van der Waals surface area contributed by atoms with Gasteiger partial charge in [-0.2, -0.15) is 0 Å². The van der Waals surface area contributed by atoms with Gasteiger partial charge in [0, 0.05) is 18.5 Å². The molecule has 1 heterocycles. The summed E-state index contributed by atoms with van der Waals surface area (Å²) in [5, 5.41) is 3.73. The molecule has 17 heavy (non-hydrogen) atoms. The average Bonchev–Trinajstić information content (AvgIpc) is 2.72. The fourth-order valence-electron chi connectivity index (χ4n) is 1.68. The van der Waals surface area contributed by atoms with Crippen molar-refractivity contribution in [3.05, 3.63) is 36.1 Å². The van der Waals surface area contributed by atoms with Gasteiger partial charge in [-0.1, -0.05) is 18.2 Å². The molecule has 0 bridgehead atoms. The topological polar surface area (TPSA) is 51.5 Å². The number of methoxy groups -OCH3 is 1. The van der Waals surface area contributed by atoms with Gasteiger partial charge in [-0.25, -0.2) is 0 Å². The molecule has 0 fully saturated rings. The number of benzene rings is 1. The maximum absolute atomic E-state index is 11.8. The molecular formula is C13H15NO3. The highest BCUT2D eigenvalue weighted by atomic mass is 16.5. The first-order valence-corrected chi connectivity index (χ1v) is 5.49. The van der Waals surface area contributed by atoms with Gasteiger partial charge in [0.2, 0.25) is 0 Å². The van der Waals surface area contributed by atoms with Gasteiger partial charge in [0.15, 0.2) is 5.76 Å². The minimum Gasteiger partial charge on any atom is -0.451 e. The normalized spacial score (nSPS) is 12.6. The van der Waals surface area contributed by atoms with Crippen LogP contribution in [0.5, 0.6) is 0 Å². The van der Waals surface area contributed by atoms with E-state index in [0.29, 0.717) is 12.4 Å². The number of hydrogen-bond acceptors (Lipinski definition) is 3. The van der Waals surface area contributed by atoms with Crippen LogP contribution in [0, 0.1) is 0 Å². The molecule has 0 aliphatic rings. The standard InChI is InChI=1S/C13H15NO3/c1-9(8-16-2)14-13(15)12-7-10-5-3-4-6-11(10)17-12/h3-7,9H,8H2,1-2H3,(H,14,15). The highest BCUT2D eigenvalue weighted by Crippen LogP contribution is 2.18. The SMILES string of the molecule is COCC(C)NC(=O)c1cc2ccccc2o1. The molecule has 4 nitrogen and oxygen atoms in total. The first kappa shape index (κ1) is 11.7. The Morgan fingerprint density at radius 3 is 2.94 bits per heavy atom. The van der Waals surface area contributed by atoms with Crippen molar-refractivity contribution in [2.24, 2.45) is 0 Å². The van der Waals surface area contributed by atoms with Crippen LogP contribution in [0.3, 0.4) is 0 Å². The zero-order valence-corrected chi connectivity index (χ0v) is 9.90. The molecule has 1 amide bonds. The number of hydrogen-bond donors (Lipinski definition) is 1. The number of carbonyl (C=O) groups excluding carboxylic acids is 1. The number of para-hydroxylation sites is 1. The van der Waals surface area contributed by atoms with E-state index in [1.165, 1.54) is 0 Å². The Balaban J connectivity index is 2.13. The quantitative estimate of drug-likeness (QED) is 0.880. The fraction of sp³-hybridized carbons (Fsp3) is 0.308. The van der Waals surface area contributed by atoms with Crippen molar-refractivity contribution in [1.82, 2.24) is 5.32 Å².